The largest absolute Gasteiger partial charge is 0.497 e. The monoisotopic (exact) mass is 354 g/mol. The molecule has 0 saturated carbocycles. The summed E-state index contributed by atoms with van der Waals surface area (Å²) in [5, 5.41) is 3.02. The van der Waals surface area contributed by atoms with Crippen molar-refractivity contribution in [3.05, 3.63) is 48.7 Å². The molecule has 1 aliphatic heterocycles. The molecule has 1 aromatic heterocycles. The van der Waals surface area contributed by atoms with Crippen LogP contribution in [0.2, 0.25) is 0 Å². The van der Waals surface area contributed by atoms with Gasteiger partial charge in [-0.2, -0.15) is 0 Å². The fourth-order valence-electron chi connectivity index (χ4n) is 3.31. The van der Waals surface area contributed by atoms with Gasteiger partial charge in [-0.15, -0.1) is 0 Å². The number of piperazine rings is 1. The van der Waals surface area contributed by atoms with E-state index in [1.54, 1.807) is 7.11 Å². The summed E-state index contributed by atoms with van der Waals surface area (Å²) < 4.78 is 5.15. The lowest BCUT2D eigenvalue weighted by atomic mass is 10.1. The number of hydrogen-bond donors (Lipinski definition) is 1. The number of pyridine rings is 1. The van der Waals surface area contributed by atoms with Crippen LogP contribution in [0.4, 0.5) is 11.5 Å². The van der Waals surface area contributed by atoms with Crippen LogP contribution < -0.4 is 15.0 Å². The molecular formula is C20H26N4O2. The second-order valence-electron chi connectivity index (χ2n) is 6.35. The first-order valence-electron chi connectivity index (χ1n) is 9.06. The maximum Gasteiger partial charge on any atom is 0.241 e. The van der Waals surface area contributed by atoms with Crippen molar-refractivity contribution >= 4 is 17.4 Å². The number of nitrogens with zero attached hydrogens (tertiary/aromatic N) is 3. The number of anilines is 2. The third-order valence-corrected chi connectivity index (χ3v) is 4.78. The summed E-state index contributed by atoms with van der Waals surface area (Å²) >= 11 is 0. The lowest BCUT2D eigenvalue weighted by Crippen LogP contribution is -2.53. The molecule has 26 heavy (non-hydrogen) atoms. The molecular weight excluding hydrogens is 328 g/mol. The van der Waals surface area contributed by atoms with Crippen LogP contribution in [0.15, 0.2) is 48.7 Å². The quantitative estimate of drug-likeness (QED) is 0.864. The Morgan fingerprint density at radius 2 is 1.88 bits per heavy atom. The Bertz CT molecular complexity index is 698. The summed E-state index contributed by atoms with van der Waals surface area (Å²) in [6, 6.07) is 13.3. The highest BCUT2D eigenvalue weighted by Gasteiger charge is 2.28. The molecule has 0 spiro atoms. The number of carbonyl (C=O) groups is 1. The van der Waals surface area contributed by atoms with Crippen molar-refractivity contribution in [3.63, 3.8) is 0 Å². The van der Waals surface area contributed by atoms with Gasteiger partial charge >= 0.3 is 0 Å². The average molecular weight is 354 g/mol. The van der Waals surface area contributed by atoms with E-state index < -0.39 is 0 Å². The van der Waals surface area contributed by atoms with Gasteiger partial charge in [0.15, 0.2) is 0 Å². The van der Waals surface area contributed by atoms with Crippen LogP contribution in [0.3, 0.4) is 0 Å². The van der Waals surface area contributed by atoms with Gasteiger partial charge in [-0.1, -0.05) is 13.0 Å². The summed E-state index contributed by atoms with van der Waals surface area (Å²) in [7, 11) is 1.63. The molecule has 1 N–H and O–H groups in total. The Hall–Kier alpha value is -2.60. The molecule has 138 valence electrons. The maximum absolute atomic E-state index is 12.7. The Kier molecular flexibility index (Phi) is 6.07. The van der Waals surface area contributed by atoms with Crippen molar-refractivity contribution in [2.24, 2.45) is 0 Å². The van der Waals surface area contributed by atoms with Crippen molar-refractivity contribution in [1.29, 1.82) is 0 Å². The predicted molar refractivity (Wildman–Crippen MR) is 104 cm³/mol. The van der Waals surface area contributed by atoms with E-state index in [1.165, 1.54) is 0 Å². The van der Waals surface area contributed by atoms with Gasteiger partial charge in [-0.25, -0.2) is 4.98 Å². The number of aromatic nitrogens is 1. The van der Waals surface area contributed by atoms with E-state index >= 15 is 0 Å². The van der Waals surface area contributed by atoms with Crippen molar-refractivity contribution in [1.82, 2.24) is 9.88 Å². The van der Waals surface area contributed by atoms with Crippen molar-refractivity contribution in [3.8, 4) is 5.75 Å². The summed E-state index contributed by atoms with van der Waals surface area (Å²) in [5.41, 5.74) is 0.793. The number of carbonyl (C=O) groups excluding carboxylic acids is 1. The topological polar surface area (TPSA) is 57.7 Å². The molecule has 1 fully saturated rings. The fourth-order valence-corrected chi connectivity index (χ4v) is 3.31. The molecule has 6 heteroatoms. The van der Waals surface area contributed by atoms with Crippen molar-refractivity contribution in [2.45, 2.75) is 19.4 Å². The molecule has 6 nitrogen and oxygen atoms in total. The third-order valence-electron chi connectivity index (χ3n) is 4.78. The zero-order valence-electron chi connectivity index (χ0n) is 15.4. The van der Waals surface area contributed by atoms with Crippen LogP contribution in [0.5, 0.6) is 5.75 Å². The van der Waals surface area contributed by atoms with Gasteiger partial charge in [-0.3, -0.25) is 9.69 Å². The summed E-state index contributed by atoms with van der Waals surface area (Å²) in [5.74, 6) is 1.83. The van der Waals surface area contributed by atoms with Gasteiger partial charge < -0.3 is 15.0 Å². The van der Waals surface area contributed by atoms with Gasteiger partial charge in [0.2, 0.25) is 5.91 Å². The number of rotatable bonds is 6. The minimum Gasteiger partial charge on any atom is -0.497 e. The Morgan fingerprint density at radius 3 is 2.46 bits per heavy atom. The van der Waals surface area contributed by atoms with E-state index in [-0.39, 0.29) is 11.9 Å². The van der Waals surface area contributed by atoms with E-state index in [0.717, 1.165) is 49.9 Å². The molecule has 2 heterocycles. The summed E-state index contributed by atoms with van der Waals surface area (Å²) in [6.07, 6.45) is 2.60. The molecule has 1 aromatic carbocycles. The highest BCUT2D eigenvalue weighted by Crippen LogP contribution is 2.18. The number of nitrogens with one attached hydrogen (secondary N) is 1. The van der Waals surface area contributed by atoms with Crippen LogP contribution in [0.25, 0.3) is 0 Å². The number of methoxy groups -OCH3 is 1. The van der Waals surface area contributed by atoms with Crippen LogP contribution in [-0.2, 0) is 4.79 Å². The minimum absolute atomic E-state index is 0.0453. The summed E-state index contributed by atoms with van der Waals surface area (Å²) in [6.45, 7) is 5.52. The summed E-state index contributed by atoms with van der Waals surface area (Å²) in [4.78, 5) is 21.7. The molecule has 2 aromatic rings. The lowest BCUT2D eigenvalue weighted by molar-refractivity contribution is -0.121. The van der Waals surface area contributed by atoms with E-state index in [2.05, 4.69) is 27.0 Å². The van der Waals surface area contributed by atoms with Gasteiger partial charge in [0, 0.05) is 38.1 Å². The smallest absolute Gasteiger partial charge is 0.241 e. The zero-order valence-corrected chi connectivity index (χ0v) is 15.4. The second kappa shape index (κ2) is 8.67. The van der Waals surface area contributed by atoms with Crippen LogP contribution in [0.1, 0.15) is 13.3 Å². The highest BCUT2D eigenvalue weighted by atomic mass is 16.5. The predicted octanol–water partition coefficient (Wildman–Crippen LogP) is 2.63. The van der Waals surface area contributed by atoms with Gasteiger partial charge in [0.05, 0.1) is 13.2 Å². The SMILES string of the molecule is CC[C@H](C(=O)Nc1ccc(OC)cc1)N1CCN(c2ccccn2)CC1. The Labute approximate surface area is 154 Å². The van der Waals surface area contributed by atoms with E-state index in [1.807, 2.05) is 48.7 Å². The van der Waals surface area contributed by atoms with Crippen LogP contribution in [0, 0.1) is 0 Å². The molecule has 3 rings (SSSR count). The zero-order chi connectivity index (χ0) is 18.4. The second-order valence-corrected chi connectivity index (χ2v) is 6.35. The first kappa shape index (κ1) is 18.2. The number of hydrogen-bond acceptors (Lipinski definition) is 5. The lowest BCUT2D eigenvalue weighted by Gasteiger charge is -2.38. The molecule has 0 radical (unpaired) electrons. The Morgan fingerprint density at radius 1 is 1.15 bits per heavy atom. The highest BCUT2D eigenvalue weighted by molar-refractivity contribution is 5.94. The molecule has 1 amide bonds. The molecule has 0 bridgehead atoms. The average Bonchev–Trinajstić information content (AvgIpc) is 2.70. The van der Waals surface area contributed by atoms with E-state index in [9.17, 15) is 4.79 Å². The first-order chi connectivity index (χ1) is 12.7. The number of ether oxygens (including phenoxy) is 1. The molecule has 1 atom stereocenters. The maximum atomic E-state index is 12.7. The fraction of sp³-hybridized carbons (Fsp3) is 0.400. The molecule has 0 unspecified atom stereocenters. The molecule has 1 saturated heterocycles. The molecule has 0 aliphatic carbocycles. The number of benzene rings is 1. The van der Waals surface area contributed by atoms with Crippen LogP contribution >= 0.6 is 0 Å². The van der Waals surface area contributed by atoms with E-state index in [4.69, 9.17) is 4.74 Å². The van der Waals surface area contributed by atoms with E-state index in [0.29, 0.717) is 0 Å². The minimum atomic E-state index is -0.122. The van der Waals surface area contributed by atoms with Crippen molar-refractivity contribution < 1.29 is 9.53 Å². The standard InChI is InChI=1S/C20H26N4O2/c1-3-18(20(25)22-16-7-9-17(26-2)10-8-16)23-12-14-24(15-13-23)19-6-4-5-11-21-19/h4-11,18H,3,12-15H2,1-2H3,(H,22,25)/t18-/m1/s1. The first-order valence-corrected chi connectivity index (χ1v) is 9.06. The molecule has 1 aliphatic rings. The van der Waals surface area contributed by atoms with Gasteiger partial charge in [0.25, 0.3) is 0 Å². The van der Waals surface area contributed by atoms with Crippen LogP contribution in [-0.4, -0.2) is 55.1 Å². The Balaban J connectivity index is 1.57. The normalized spacial score (nSPS) is 16.2. The van der Waals surface area contributed by atoms with Gasteiger partial charge in [0.1, 0.15) is 11.6 Å². The van der Waals surface area contributed by atoms with Crippen molar-refractivity contribution in [2.75, 3.05) is 43.5 Å². The van der Waals surface area contributed by atoms with Gasteiger partial charge in [-0.05, 0) is 42.8 Å². The number of amides is 1. The third kappa shape index (κ3) is 4.32.